The molecule has 5 nitrogen and oxygen atoms in total. The first-order chi connectivity index (χ1) is 9.99. The Morgan fingerprint density at radius 3 is 2.33 bits per heavy atom. The number of carbonyl (C=O) groups is 2. The first-order valence-electron chi connectivity index (χ1n) is 5.84. The zero-order valence-electron chi connectivity index (χ0n) is 10.9. The van der Waals surface area contributed by atoms with Crippen LogP contribution in [0.25, 0.3) is 0 Å². The average molecular weight is 344 g/mol. The number of hydrogen-bond donors (Lipinski definition) is 3. The van der Waals surface area contributed by atoms with Crippen LogP contribution < -0.4 is 16.0 Å². The van der Waals surface area contributed by atoms with Gasteiger partial charge in [0.1, 0.15) is 4.34 Å². The maximum atomic E-state index is 12.1. The highest BCUT2D eigenvalue weighted by molar-refractivity contribution is 7.20. The van der Waals surface area contributed by atoms with Crippen LogP contribution in [0, 0.1) is 0 Å². The number of urea groups is 1. The monoisotopic (exact) mass is 343 g/mol. The molecule has 0 unspecified atom stereocenters. The van der Waals surface area contributed by atoms with Crippen LogP contribution in [0.3, 0.4) is 0 Å². The Labute approximate surface area is 135 Å². The summed E-state index contributed by atoms with van der Waals surface area (Å²) >= 11 is 12.9. The molecular weight excluding hydrogens is 333 g/mol. The standard InChI is InChI=1S/C13H11Cl2N3O2S/c1-16-13(20)18-8-4-2-3-7(5-8)17-12(19)9-6-10(14)21-11(9)15/h2-6H,1H3,(H,17,19)(H2,16,18,20). The summed E-state index contributed by atoms with van der Waals surface area (Å²) in [6, 6.07) is 7.93. The molecule has 0 radical (unpaired) electrons. The Bertz CT molecular complexity index is 688. The van der Waals surface area contributed by atoms with Gasteiger partial charge in [0.25, 0.3) is 5.91 Å². The number of carbonyl (C=O) groups excluding carboxylic acids is 2. The second kappa shape index (κ2) is 6.80. The number of thiophene rings is 1. The highest BCUT2D eigenvalue weighted by atomic mass is 35.5. The van der Waals surface area contributed by atoms with Crippen molar-refractivity contribution in [3.05, 3.63) is 44.6 Å². The van der Waals surface area contributed by atoms with Gasteiger partial charge in [-0.15, -0.1) is 11.3 Å². The van der Waals surface area contributed by atoms with Crippen molar-refractivity contribution in [3.8, 4) is 0 Å². The maximum Gasteiger partial charge on any atom is 0.318 e. The van der Waals surface area contributed by atoms with Gasteiger partial charge >= 0.3 is 6.03 Å². The van der Waals surface area contributed by atoms with Crippen LogP contribution in [0.5, 0.6) is 0 Å². The predicted molar refractivity (Wildman–Crippen MR) is 86.8 cm³/mol. The molecule has 0 saturated heterocycles. The molecule has 0 fully saturated rings. The number of rotatable bonds is 3. The first-order valence-corrected chi connectivity index (χ1v) is 7.42. The molecule has 3 amide bonds. The first kappa shape index (κ1) is 15.6. The quantitative estimate of drug-likeness (QED) is 0.786. The molecule has 1 aromatic heterocycles. The van der Waals surface area contributed by atoms with Crippen molar-refractivity contribution in [1.29, 1.82) is 0 Å². The average Bonchev–Trinajstić information content (AvgIpc) is 2.78. The summed E-state index contributed by atoms with van der Waals surface area (Å²) in [4.78, 5) is 23.3. The van der Waals surface area contributed by atoms with E-state index in [-0.39, 0.29) is 11.9 Å². The molecule has 0 aliphatic carbocycles. The zero-order chi connectivity index (χ0) is 15.4. The van der Waals surface area contributed by atoms with E-state index in [1.807, 2.05) is 0 Å². The van der Waals surface area contributed by atoms with E-state index in [2.05, 4.69) is 16.0 Å². The third-order valence-corrected chi connectivity index (χ3v) is 3.99. The molecule has 0 bridgehead atoms. The fourth-order valence-corrected chi connectivity index (χ4v) is 3.02. The van der Waals surface area contributed by atoms with Crippen LogP contribution in [0.2, 0.25) is 8.67 Å². The predicted octanol–water partition coefficient (Wildman–Crippen LogP) is 4.06. The minimum atomic E-state index is -0.361. The van der Waals surface area contributed by atoms with Crippen LogP contribution in [-0.4, -0.2) is 19.0 Å². The highest BCUT2D eigenvalue weighted by Gasteiger charge is 2.14. The summed E-state index contributed by atoms with van der Waals surface area (Å²) in [5.74, 6) is -0.361. The lowest BCUT2D eigenvalue weighted by molar-refractivity contribution is 0.102. The summed E-state index contributed by atoms with van der Waals surface area (Å²) in [7, 11) is 1.52. The van der Waals surface area contributed by atoms with E-state index >= 15 is 0 Å². The molecule has 8 heteroatoms. The van der Waals surface area contributed by atoms with Gasteiger partial charge in [0.05, 0.1) is 9.90 Å². The lowest BCUT2D eigenvalue weighted by Crippen LogP contribution is -2.24. The fraction of sp³-hybridized carbons (Fsp3) is 0.0769. The van der Waals surface area contributed by atoms with Gasteiger partial charge < -0.3 is 16.0 Å². The molecule has 0 aliphatic heterocycles. The van der Waals surface area contributed by atoms with Crippen molar-refractivity contribution >= 4 is 57.9 Å². The van der Waals surface area contributed by atoms with E-state index < -0.39 is 0 Å². The number of amides is 3. The van der Waals surface area contributed by atoms with Gasteiger partial charge in [-0.05, 0) is 24.3 Å². The van der Waals surface area contributed by atoms with Crippen molar-refractivity contribution in [2.24, 2.45) is 0 Å². The summed E-state index contributed by atoms with van der Waals surface area (Å²) < 4.78 is 0.775. The molecule has 0 spiro atoms. The Balaban J connectivity index is 2.12. The van der Waals surface area contributed by atoms with E-state index in [9.17, 15) is 9.59 Å². The van der Waals surface area contributed by atoms with E-state index in [1.165, 1.54) is 13.1 Å². The van der Waals surface area contributed by atoms with Crippen LogP contribution in [0.15, 0.2) is 30.3 Å². The number of benzene rings is 1. The van der Waals surface area contributed by atoms with Crippen LogP contribution in [0.1, 0.15) is 10.4 Å². The fourth-order valence-electron chi connectivity index (χ4n) is 1.56. The van der Waals surface area contributed by atoms with Crippen molar-refractivity contribution in [3.63, 3.8) is 0 Å². The molecule has 3 N–H and O–H groups in total. The smallest absolute Gasteiger partial charge is 0.318 e. The third kappa shape index (κ3) is 4.10. The minimum absolute atomic E-state index is 0.316. The van der Waals surface area contributed by atoms with E-state index in [0.717, 1.165) is 11.3 Å². The van der Waals surface area contributed by atoms with Gasteiger partial charge in [0.15, 0.2) is 0 Å². The van der Waals surface area contributed by atoms with E-state index in [1.54, 1.807) is 24.3 Å². The second-order valence-electron chi connectivity index (χ2n) is 3.98. The molecule has 0 saturated carbocycles. The van der Waals surface area contributed by atoms with Crippen LogP contribution in [0.4, 0.5) is 16.2 Å². The Hall–Kier alpha value is -1.76. The number of anilines is 2. The Morgan fingerprint density at radius 1 is 1.10 bits per heavy atom. The number of nitrogens with one attached hydrogen (secondary N) is 3. The minimum Gasteiger partial charge on any atom is -0.341 e. The van der Waals surface area contributed by atoms with Gasteiger partial charge in [0, 0.05) is 18.4 Å². The maximum absolute atomic E-state index is 12.1. The lowest BCUT2D eigenvalue weighted by Gasteiger charge is -2.08. The largest absolute Gasteiger partial charge is 0.341 e. The number of hydrogen-bond acceptors (Lipinski definition) is 3. The van der Waals surface area contributed by atoms with Gasteiger partial charge in [0.2, 0.25) is 0 Å². The van der Waals surface area contributed by atoms with Crippen LogP contribution >= 0.6 is 34.5 Å². The Morgan fingerprint density at radius 2 is 1.76 bits per heavy atom. The number of halogens is 2. The van der Waals surface area contributed by atoms with Crippen molar-refractivity contribution in [1.82, 2.24) is 5.32 Å². The molecule has 2 aromatic rings. The molecule has 1 aromatic carbocycles. The highest BCUT2D eigenvalue weighted by Crippen LogP contribution is 2.31. The molecule has 110 valence electrons. The van der Waals surface area contributed by atoms with Gasteiger partial charge in [-0.25, -0.2) is 4.79 Å². The van der Waals surface area contributed by atoms with Crippen molar-refractivity contribution < 1.29 is 9.59 Å². The zero-order valence-corrected chi connectivity index (χ0v) is 13.2. The normalized spacial score (nSPS) is 10.0. The van der Waals surface area contributed by atoms with E-state index in [0.29, 0.717) is 25.6 Å². The van der Waals surface area contributed by atoms with Gasteiger partial charge in [-0.3, -0.25) is 4.79 Å². The second-order valence-corrected chi connectivity index (χ2v) is 6.26. The molecular formula is C13H11Cl2N3O2S. The van der Waals surface area contributed by atoms with Gasteiger partial charge in [-0.2, -0.15) is 0 Å². The van der Waals surface area contributed by atoms with Crippen LogP contribution in [-0.2, 0) is 0 Å². The molecule has 2 rings (SSSR count). The lowest BCUT2D eigenvalue weighted by atomic mass is 10.2. The molecule has 21 heavy (non-hydrogen) atoms. The summed E-state index contributed by atoms with van der Waals surface area (Å²) in [6.07, 6.45) is 0. The van der Waals surface area contributed by atoms with E-state index in [4.69, 9.17) is 23.2 Å². The van der Waals surface area contributed by atoms with Crippen molar-refractivity contribution in [2.45, 2.75) is 0 Å². The molecule has 0 aliphatic rings. The topological polar surface area (TPSA) is 70.2 Å². The summed E-state index contributed by atoms with van der Waals surface area (Å²) in [5, 5.41) is 7.75. The Kier molecular flexibility index (Phi) is 5.06. The summed E-state index contributed by atoms with van der Waals surface area (Å²) in [6.45, 7) is 0. The van der Waals surface area contributed by atoms with Gasteiger partial charge in [-0.1, -0.05) is 29.3 Å². The third-order valence-electron chi connectivity index (χ3n) is 2.51. The van der Waals surface area contributed by atoms with Crippen molar-refractivity contribution in [2.75, 3.05) is 17.7 Å². The molecule has 0 atom stereocenters. The SMILES string of the molecule is CNC(=O)Nc1cccc(NC(=O)c2cc(Cl)sc2Cl)c1. The molecule has 1 heterocycles. The summed E-state index contributed by atoms with van der Waals surface area (Å²) in [5.41, 5.74) is 1.41.